The maximum atomic E-state index is 14.2. The lowest BCUT2D eigenvalue weighted by Crippen LogP contribution is -2.51. The molecular weight excluding hydrogens is 632 g/mol. The summed E-state index contributed by atoms with van der Waals surface area (Å²) in [5.74, 6) is -1.04. The van der Waals surface area contributed by atoms with Gasteiger partial charge in [0.15, 0.2) is 11.5 Å². The molecule has 0 fully saturated rings. The number of hydrogen-bond donors (Lipinski definition) is 0. The fraction of sp³-hybridized carbons (Fsp3) is 0.324. The summed E-state index contributed by atoms with van der Waals surface area (Å²) in [4.78, 5) is 52.6. The molecule has 0 saturated carbocycles. The van der Waals surface area contributed by atoms with Crippen LogP contribution in [0.5, 0.6) is 17.2 Å². The van der Waals surface area contributed by atoms with Gasteiger partial charge in [0.2, 0.25) is 11.7 Å². The third-order valence-electron chi connectivity index (χ3n) is 8.43. The number of carbonyl (C=O) groups is 3. The van der Waals surface area contributed by atoms with Crippen molar-refractivity contribution in [3.05, 3.63) is 113 Å². The second-order valence-electron chi connectivity index (χ2n) is 11.4. The van der Waals surface area contributed by atoms with E-state index < -0.39 is 17.7 Å². The van der Waals surface area contributed by atoms with Crippen LogP contribution in [-0.4, -0.2) is 85.4 Å². The smallest absolute Gasteiger partial charge is 0.295 e. The van der Waals surface area contributed by atoms with Crippen molar-refractivity contribution in [3.8, 4) is 17.2 Å². The highest BCUT2D eigenvalue weighted by Gasteiger charge is 2.34. The Hall–Kier alpha value is -4.96. The van der Waals surface area contributed by atoms with Gasteiger partial charge in [-0.15, -0.1) is 0 Å². The average molecular weight is 673 g/mol. The molecule has 0 saturated heterocycles. The number of methoxy groups -OCH3 is 3. The Bertz CT molecular complexity index is 1650. The van der Waals surface area contributed by atoms with Crippen LogP contribution in [0.15, 0.2) is 85.5 Å². The number of carbonyl (C=O) groups excluding carboxylic acids is 3. The maximum absolute atomic E-state index is 14.2. The molecule has 0 N–H and O–H groups in total. The van der Waals surface area contributed by atoms with Crippen molar-refractivity contribution in [2.75, 3.05) is 42.0 Å². The van der Waals surface area contributed by atoms with Crippen LogP contribution in [0, 0.1) is 0 Å². The molecule has 0 bridgehead atoms. The van der Waals surface area contributed by atoms with Crippen molar-refractivity contribution in [1.82, 2.24) is 19.8 Å². The largest absolute Gasteiger partial charge is 0.493 e. The van der Waals surface area contributed by atoms with Gasteiger partial charge in [-0.1, -0.05) is 23.7 Å². The van der Waals surface area contributed by atoms with Crippen molar-refractivity contribution in [3.63, 3.8) is 0 Å². The first-order valence-corrected chi connectivity index (χ1v) is 15.9. The second kappa shape index (κ2) is 17.3. The van der Waals surface area contributed by atoms with Crippen LogP contribution in [0.3, 0.4) is 0 Å². The van der Waals surface area contributed by atoms with Gasteiger partial charge in [0.05, 0.1) is 21.3 Å². The van der Waals surface area contributed by atoms with E-state index >= 15 is 0 Å². The summed E-state index contributed by atoms with van der Waals surface area (Å²) in [7, 11) is 7.50. The highest BCUT2D eigenvalue weighted by atomic mass is 35.5. The number of pyridine rings is 2. The number of nitrogens with zero attached hydrogens (tertiary/aromatic N) is 4. The maximum Gasteiger partial charge on any atom is 0.295 e. The Morgan fingerprint density at radius 2 is 1.35 bits per heavy atom. The molecule has 11 heteroatoms. The Kier molecular flexibility index (Phi) is 12.9. The SMILES string of the molecule is COc1cc(C(=O)C(=O)N(C)[C@@H](Cc2ccc(Cl)cc2)C(=O)N(C)CCC(CCc2ccncc2)c2ccncc2)cc(OC)c1OC. The Balaban J connectivity index is 1.56. The monoisotopic (exact) mass is 672 g/mol. The number of hydrogen-bond acceptors (Lipinski definition) is 8. The number of likely N-dealkylation sites (N-methyl/N-ethyl adjacent to an activating group) is 2. The first-order valence-electron chi connectivity index (χ1n) is 15.6. The van der Waals surface area contributed by atoms with E-state index in [1.54, 1.807) is 61.0 Å². The third-order valence-corrected chi connectivity index (χ3v) is 8.69. The molecule has 2 aromatic heterocycles. The molecule has 252 valence electrons. The van der Waals surface area contributed by atoms with Crippen LogP contribution in [-0.2, 0) is 22.4 Å². The van der Waals surface area contributed by atoms with E-state index in [1.807, 2.05) is 24.3 Å². The minimum atomic E-state index is -0.967. The fourth-order valence-corrected chi connectivity index (χ4v) is 5.71. The van der Waals surface area contributed by atoms with Crippen LogP contribution in [0.4, 0.5) is 0 Å². The molecule has 1 unspecified atom stereocenters. The highest BCUT2D eigenvalue weighted by molar-refractivity contribution is 6.43. The van der Waals surface area contributed by atoms with E-state index in [2.05, 4.69) is 9.97 Å². The number of aryl methyl sites for hydroxylation is 1. The molecule has 4 rings (SSSR count). The molecular formula is C37H41ClN4O6. The van der Waals surface area contributed by atoms with E-state index in [0.29, 0.717) is 23.7 Å². The average Bonchev–Trinajstić information content (AvgIpc) is 3.13. The summed E-state index contributed by atoms with van der Waals surface area (Å²) in [5, 5.41) is 0.551. The van der Waals surface area contributed by atoms with Crippen molar-refractivity contribution in [2.45, 2.75) is 37.6 Å². The first-order chi connectivity index (χ1) is 23.2. The van der Waals surface area contributed by atoms with E-state index in [9.17, 15) is 14.4 Å². The van der Waals surface area contributed by atoms with E-state index in [4.69, 9.17) is 25.8 Å². The summed E-state index contributed by atoms with van der Waals surface area (Å²) in [6, 6.07) is 17.0. The van der Waals surface area contributed by atoms with Gasteiger partial charge in [0.1, 0.15) is 6.04 Å². The summed E-state index contributed by atoms with van der Waals surface area (Å²) in [6.45, 7) is 0.433. The van der Waals surface area contributed by atoms with Gasteiger partial charge in [0.25, 0.3) is 11.7 Å². The molecule has 0 aliphatic carbocycles. The lowest BCUT2D eigenvalue weighted by Gasteiger charge is -2.31. The molecule has 2 atom stereocenters. The minimum absolute atomic E-state index is 0.0433. The molecule has 2 aromatic carbocycles. The second-order valence-corrected chi connectivity index (χ2v) is 11.9. The number of benzene rings is 2. The van der Waals surface area contributed by atoms with Gasteiger partial charge in [-0.05, 0) is 90.4 Å². The summed E-state index contributed by atoms with van der Waals surface area (Å²) >= 11 is 6.12. The van der Waals surface area contributed by atoms with Gasteiger partial charge in [-0.2, -0.15) is 0 Å². The lowest BCUT2D eigenvalue weighted by molar-refractivity contribution is -0.141. The van der Waals surface area contributed by atoms with Gasteiger partial charge in [-0.25, -0.2) is 0 Å². The van der Waals surface area contributed by atoms with E-state index in [0.717, 1.165) is 24.0 Å². The number of halogens is 1. The number of rotatable bonds is 16. The lowest BCUT2D eigenvalue weighted by atomic mass is 9.90. The van der Waals surface area contributed by atoms with Crippen LogP contribution < -0.4 is 14.2 Å². The summed E-state index contributed by atoms with van der Waals surface area (Å²) in [6.07, 6.45) is 9.71. The molecule has 10 nitrogen and oxygen atoms in total. The predicted octanol–water partition coefficient (Wildman–Crippen LogP) is 5.67. The van der Waals surface area contributed by atoms with Crippen LogP contribution >= 0.6 is 11.6 Å². The van der Waals surface area contributed by atoms with Crippen molar-refractivity contribution in [1.29, 1.82) is 0 Å². The van der Waals surface area contributed by atoms with Crippen LogP contribution in [0.25, 0.3) is 0 Å². The quantitative estimate of drug-likeness (QED) is 0.111. The summed E-state index contributed by atoms with van der Waals surface area (Å²) < 4.78 is 16.1. The highest BCUT2D eigenvalue weighted by Crippen LogP contribution is 2.38. The van der Waals surface area contributed by atoms with Crippen molar-refractivity contribution < 1.29 is 28.6 Å². The molecule has 0 aliphatic heterocycles. The molecule has 4 aromatic rings. The normalized spacial score (nSPS) is 12.0. The van der Waals surface area contributed by atoms with Crippen LogP contribution in [0.2, 0.25) is 5.02 Å². The molecule has 2 amide bonds. The number of ether oxygens (including phenoxy) is 3. The Morgan fingerprint density at radius 3 is 1.92 bits per heavy atom. The molecule has 2 heterocycles. The predicted molar refractivity (Wildman–Crippen MR) is 184 cm³/mol. The third kappa shape index (κ3) is 9.10. The molecule has 48 heavy (non-hydrogen) atoms. The first kappa shape index (κ1) is 35.9. The minimum Gasteiger partial charge on any atom is -0.493 e. The van der Waals surface area contributed by atoms with E-state index in [-0.39, 0.29) is 35.3 Å². The topological polar surface area (TPSA) is 111 Å². The number of ketones is 1. The van der Waals surface area contributed by atoms with E-state index in [1.165, 1.54) is 51.0 Å². The molecule has 0 spiro atoms. The van der Waals surface area contributed by atoms with Crippen LogP contribution in [0.1, 0.15) is 45.8 Å². The van der Waals surface area contributed by atoms with Crippen molar-refractivity contribution in [2.24, 2.45) is 0 Å². The zero-order valence-corrected chi connectivity index (χ0v) is 28.6. The molecule has 0 aliphatic rings. The molecule has 0 radical (unpaired) electrons. The van der Waals surface area contributed by atoms with Crippen molar-refractivity contribution >= 4 is 29.2 Å². The Labute approximate surface area is 286 Å². The number of Topliss-reactive ketones (excluding diaryl/α,β-unsaturated/α-hetero) is 1. The van der Waals surface area contributed by atoms with Gasteiger partial charge < -0.3 is 24.0 Å². The van der Waals surface area contributed by atoms with Gasteiger partial charge in [0, 0.05) is 62.4 Å². The number of aromatic nitrogens is 2. The van der Waals surface area contributed by atoms with Gasteiger partial charge in [-0.3, -0.25) is 24.4 Å². The zero-order chi connectivity index (χ0) is 34.6. The number of amides is 2. The standard InChI is InChI=1S/C37H41ClN4O6/c1-41(21-16-27(28-14-19-40-20-15-28)9-6-25-12-17-39-18-13-25)36(44)31(22-26-7-10-30(38)11-8-26)42(2)37(45)34(43)29-23-32(46-3)35(48-5)33(24-29)47-4/h7-8,10-15,17-20,23-24,27,31H,6,9,16,21-22H2,1-5H3/t27?,31-/m0/s1. The zero-order valence-electron chi connectivity index (χ0n) is 27.9. The van der Waals surface area contributed by atoms with Gasteiger partial charge >= 0.3 is 0 Å². The fourth-order valence-electron chi connectivity index (χ4n) is 5.59. The Morgan fingerprint density at radius 1 is 0.771 bits per heavy atom. The summed E-state index contributed by atoms with van der Waals surface area (Å²) in [5.41, 5.74) is 3.16.